The SMILES string of the molecule is C[C@H](C(O)C(O)(O)C(O)(O)O)[C@H]1CC[C@H]2[C@@H]3CCC4CCCC[C@]4(C)[C@H]3CC[C@]12C. The Hall–Kier alpha value is -0.240. The van der Waals surface area contributed by atoms with Crippen LogP contribution in [0.3, 0.4) is 0 Å². The lowest BCUT2D eigenvalue weighted by molar-refractivity contribution is -0.468. The minimum absolute atomic E-state index is 0.0153. The first kappa shape index (κ1) is 22.9. The Bertz CT molecular complexity index is 644. The number of hydrogen-bond donors (Lipinski definition) is 6. The van der Waals surface area contributed by atoms with Crippen LogP contribution in [0.4, 0.5) is 0 Å². The molecule has 6 N–H and O–H groups in total. The van der Waals surface area contributed by atoms with Crippen LogP contribution in [0.25, 0.3) is 0 Å². The minimum Gasteiger partial charge on any atom is -0.387 e. The van der Waals surface area contributed by atoms with Gasteiger partial charge in [0.25, 0.3) is 5.79 Å². The van der Waals surface area contributed by atoms with E-state index in [1.54, 1.807) is 6.92 Å². The van der Waals surface area contributed by atoms with E-state index in [-0.39, 0.29) is 11.3 Å². The Morgan fingerprint density at radius 2 is 1.43 bits per heavy atom. The zero-order valence-corrected chi connectivity index (χ0v) is 18.8. The first-order chi connectivity index (χ1) is 13.8. The Morgan fingerprint density at radius 1 is 0.767 bits per heavy atom. The number of hydrogen-bond acceptors (Lipinski definition) is 6. The lowest BCUT2D eigenvalue weighted by atomic mass is 9.44. The molecule has 4 rings (SSSR count). The predicted octanol–water partition coefficient (Wildman–Crippen LogP) is 2.34. The van der Waals surface area contributed by atoms with Crippen molar-refractivity contribution in [3.63, 3.8) is 0 Å². The highest BCUT2D eigenvalue weighted by molar-refractivity contribution is 5.10. The molecule has 2 unspecified atom stereocenters. The highest BCUT2D eigenvalue weighted by Crippen LogP contribution is 2.68. The quantitative estimate of drug-likeness (QED) is 0.384. The van der Waals surface area contributed by atoms with Crippen LogP contribution in [0.15, 0.2) is 0 Å². The summed E-state index contributed by atoms with van der Waals surface area (Å²) in [5, 5.41) is 58.7. The third-order valence-corrected chi connectivity index (χ3v) is 10.7. The van der Waals surface area contributed by atoms with Gasteiger partial charge in [-0.3, -0.25) is 0 Å². The number of aliphatic hydroxyl groups is 6. The van der Waals surface area contributed by atoms with Crippen LogP contribution >= 0.6 is 0 Å². The van der Waals surface area contributed by atoms with Crippen LogP contribution in [0, 0.1) is 46.3 Å². The molecule has 0 aliphatic heterocycles. The Labute approximate surface area is 180 Å². The first-order valence-electron chi connectivity index (χ1n) is 12.1. The molecule has 4 aliphatic carbocycles. The van der Waals surface area contributed by atoms with Crippen molar-refractivity contribution in [3.05, 3.63) is 0 Å². The molecular formula is C24H42O6. The second kappa shape index (κ2) is 7.39. The van der Waals surface area contributed by atoms with Gasteiger partial charge in [0.2, 0.25) is 0 Å². The van der Waals surface area contributed by atoms with Crippen molar-refractivity contribution in [2.24, 2.45) is 46.3 Å². The van der Waals surface area contributed by atoms with Gasteiger partial charge in [0.1, 0.15) is 6.10 Å². The van der Waals surface area contributed by atoms with Crippen molar-refractivity contribution in [2.45, 2.75) is 103 Å². The van der Waals surface area contributed by atoms with E-state index in [4.69, 9.17) is 0 Å². The Balaban J connectivity index is 1.55. The fraction of sp³-hybridized carbons (Fsp3) is 1.00. The summed E-state index contributed by atoms with van der Waals surface area (Å²) in [4.78, 5) is 0. The molecule has 0 amide bonds. The molecule has 0 spiro atoms. The van der Waals surface area contributed by atoms with Gasteiger partial charge in [0.15, 0.2) is 0 Å². The number of aliphatic hydroxyl groups excluding tert-OH is 1. The lowest BCUT2D eigenvalue weighted by Gasteiger charge is -2.61. The van der Waals surface area contributed by atoms with E-state index >= 15 is 0 Å². The second-order valence-corrected chi connectivity index (χ2v) is 11.8. The predicted molar refractivity (Wildman–Crippen MR) is 112 cm³/mol. The maximum absolute atomic E-state index is 10.6. The summed E-state index contributed by atoms with van der Waals surface area (Å²) in [5.41, 5.74) is 0.444. The molecule has 174 valence electrons. The summed E-state index contributed by atoms with van der Waals surface area (Å²) in [6.07, 6.45) is 10.4. The molecule has 6 nitrogen and oxygen atoms in total. The number of fused-ring (bicyclic) bond motifs is 5. The molecule has 0 heterocycles. The van der Waals surface area contributed by atoms with Gasteiger partial charge in [0.05, 0.1) is 0 Å². The van der Waals surface area contributed by atoms with Crippen LogP contribution < -0.4 is 0 Å². The van der Waals surface area contributed by atoms with E-state index < -0.39 is 23.8 Å². The summed E-state index contributed by atoms with van der Waals surface area (Å²) in [6, 6.07) is 0. The summed E-state index contributed by atoms with van der Waals surface area (Å²) >= 11 is 0. The monoisotopic (exact) mass is 426 g/mol. The summed E-state index contributed by atoms with van der Waals surface area (Å²) in [6.45, 7) is 6.58. The molecule has 30 heavy (non-hydrogen) atoms. The molecule has 4 fully saturated rings. The molecule has 0 radical (unpaired) electrons. The average Bonchev–Trinajstić information content (AvgIpc) is 3.02. The fourth-order valence-corrected chi connectivity index (χ4v) is 8.98. The van der Waals surface area contributed by atoms with Gasteiger partial charge in [0, 0.05) is 0 Å². The third-order valence-electron chi connectivity index (χ3n) is 10.7. The summed E-state index contributed by atoms with van der Waals surface area (Å²) in [5.74, 6) is -4.83. The minimum atomic E-state index is -3.77. The van der Waals surface area contributed by atoms with E-state index in [0.29, 0.717) is 17.3 Å². The molecule has 0 saturated heterocycles. The van der Waals surface area contributed by atoms with Crippen LogP contribution in [0.5, 0.6) is 0 Å². The maximum atomic E-state index is 10.6. The molecule has 0 aromatic rings. The second-order valence-electron chi connectivity index (χ2n) is 11.8. The van der Waals surface area contributed by atoms with Crippen LogP contribution in [0.2, 0.25) is 0 Å². The smallest absolute Gasteiger partial charge is 0.335 e. The van der Waals surface area contributed by atoms with Crippen molar-refractivity contribution in [1.29, 1.82) is 0 Å². The molecule has 4 saturated carbocycles. The van der Waals surface area contributed by atoms with E-state index in [1.807, 2.05) is 0 Å². The van der Waals surface area contributed by atoms with Crippen LogP contribution in [-0.2, 0) is 0 Å². The van der Waals surface area contributed by atoms with Gasteiger partial charge < -0.3 is 30.6 Å². The third kappa shape index (κ3) is 3.20. The van der Waals surface area contributed by atoms with Gasteiger partial charge in [-0.15, -0.1) is 0 Å². The van der Waals surface area contributed by atoms with E-state index in [1.165, 1.54) is 44.9 Å². The Kier molecular flexibility index (Phi) is 5.65. The first-order valence-corrected chi connectivity index (χ1v) is 12.1. The summed E-state index contributed by atoms with van der Waals surface area (Å²) < 4.78 is 0. The molecule has 4 aliphatic rings. The highest BCUT2D eigenvalue weighted by atomic mass is 16.7. The topological polar surface area (TPSA) is 121 Å². The van der Waals surface area contributed by atoms with Crippen molar-refractivity contribution < 1.29 is 30.6 Å². The van der Waals surface area contributed by atoms with Crippen LogP contribution in [-0.4, -0.2) is 48.5 Å². The van der Waals surface area contributed by atoms with Crippen molar-refractivity contribution in [3.8, 4) is 0 Å². The fourth-order valence-electron chi connectivity index (χ4n) is 8.98. The molecule has 0 bridgehead atoms. The molecule has 9 atom stereocenters. The van der Waals surface area contributed by atoms with Crippen molar-refractivity contribution in [1.82, 2.24) is 0 Å². The van der Waals surface area contributed by atoms with Crippen molar-refractivity contribution in [2.75, 3.05) is 0 Å². The molecular weight excluding hydrogens is 384 g/mol. The zero-order chi connectivity index (χ0) is 22.1. The highest BCUT2D eigenvalue weighted by Gasteiger charge is 2.62. The maximum Gasteiger partial charge on any atom is 0.335 e. The van der Waals surface area contributed by atoms with Crippen molar-refractivity contribution >= 4 is 0 Å². The average molecular weight is 427 g/mol. The molecule has 0 aromatic carbocycles. The summed E-state index contributed by atoms with van der Waals surface area (Å²) in [7, 11) is 0. The van der Waals surface area contributed by atoms with Gasteiger partial charge in [-0.2, -0.15) is 0 Å². The van der Waals surface area contributed by atoms with Gasteiger partial charge >= 0.3 is 5.97 Å². The van der Waals surface area contributed by atoms with E-state index in [0.717, 1.165) is 31.1 Å². The van der Waals surface area contributed by atoms with Gasteiger partial charge in [-0.25, -0.2) is 0 Å². The normalized spacial score (nSPS) is 46.5. The van der Waals surface area contributed by atoms with E-state index in [2.05, 4.69) is 13.8 Å². The van der Waals surface area contributed by atoms with E-state index in [9.17, 15) is 30.6 Å². The number of rotatable bonds is 4. The standard InChI is InChI=1S/C24H42O6/c1-14(20(25)23(26,27)24(28,29)30)17-9-10-18-16-8-7-15-6-4-5-12-21(15,2)19(16)11-13-22(17,18)3/h14-20,25-30H,4-13H2,1-3H3/t14-,15?,16-,17+,18-,19-,20?,21-,22+/m0/s1. The molecule has 6 heteroatoms. The van der Waals surface area contributed by atoms with Crippen LogP contribution in [0.1, 0.15) is 85.0 Å². The zero-order valence-electron chi connectivity index (χ0n) is 18.8. The Morgan fingerprint density at radius 3 is 2.10 bits per heavy atom. The van der Waals surface area contributed by atoms with Gasteiger partial charge in [-0.05, 0) is 97.7 Å². The lowest BCUT2D eigenvalue weighted by Crippen LogP contribution is -2.64. The van der Waals surface area contributed by atoms with Gasteiger partial charge in [-0.1, -0.05) is 33.6 Å². The molecule has 0 aromatic heterocycles. The largest absolute Gasteiger partial charge is 0.387 e.